The van der Waals surface area contributed by atoms with E-state index in [4.69, 9.17) is 18.9 Å². The molecule has 2 aromatic carbocycles. The maximum absolute atomic E-state index is 14.1. The molecular weight excluding hydrogens is 442 g/mol. The van der Waals surface area contributed by atoms with E-state index >= 15 is 0 Å². The van der Waals surface area contributed by atoms with Crippen molar-refractivity contribution in [3.8, 4) is 0 Å². The summed E-state index contributed by atoms with van der Waals surface area (Å²) in [5, 5.41) is -0.850. The molecule has 0 radical (unpaired) electrons. The first-order chi connectivity index (χ1) is 16.1. The lowest BCUT2D eigenvalue weighted by molar-refractivity contribution is -0.325. The second-order valence-electron chi connectivity index (χ2n) is 8.87. The predicted molar refractivity (Wildman–Crippen MR) is 122 cm³/mol. The van der Waals surface area contributed by atoms with Gasteiger partial charge in [-0.05, 0) is 38.1 Å². The van der Waals surface area contributed by atoms with Gasteiger partial charge in [0.15, 0.2) is 22.4 Å². The van der Waals surface area contributed by atoms with E-state index in [-0.39, 0.29) is 6.61 Å². The van der Waals surface area contributed by atoms with Crippen LogP contribution < -0.4 is 0 Å². The van der Waals surface area contributed by atoms with Crippen molar-refractivity contribution < 1.29 is 27.4 Å². The summed E-state index contributed by atoms with van der Waals surface area (Å²) in [6, 6.07) is 17.8. The van der Waals surface area contributed by atoms with Crippen molar-refractivity contribution in [1.29, 1.82) is 0 Å². The Morgan fingerprint density at radius 3 is 2.24 bits per heavy atom. The molecule has 3 aliphatic rings. The lowest BCUT2D eigenvalue weighted by atomic mass is 9.95. The van der Waals surface area contributed by atoms with E-state index in [1.165, 1.54) is 0 Å². The van der Waals surface area contributed by atoms with E-state index in [1.54, 1.807) is 31.4 Å². The average Bonchev–Trinajstić information content (AvgIpc) is 2.88. The molecule has 0 spiro atoms. The Labute approximate surface area is 195 Å². The quantitative estimate of drug-likeness (QED) is 0.660. The molecule has 7 nitrogen and oxygen atoms in total. The van der Waals surface area contributed by atoms with Crippen molar-refractivity contribution in [3.63, 3.8) is 0 Å². The summed E-state index contributed by atoms with van der Waals surface area (Å²) in [4.78, 5) is 2.51. The van der Waals surface area contributed by atoms with E-state index in [2.05, 4.69) is 4.90 Å². The molecule has 178 valence electrons. The molecule has 1 unspecified atom stereocenters. The molecule has 3 heterocycles. The molecule has 0 aliphatic carbocycles. The molecule has 6 atom stereocenters. The largest absolute Gasteiger partial charge is 0.354 e. The van der Waals surface area contributed by atoms with Gasteiger partial charge in [0, 0.05) is 12.7 Å². The third-order valence-electron chi connectivity index (χ3n) is 6.85. The third-order valence-corrected chi connectivity index (χ3v) is 9.05. The summed E-state index contributed by atoms with van der Waals surface area (Å²) in [6.07, 6.45) is 0.626. The fourth-order valence-corrected chi connectivity index (χ4v) is 7.37. The summed E-state index contributed by atoms with van der Waals surface area (Å²) in [5.41, 5.74) is 0.857. The molecule has 2 aromatic rings. The first-order valence-corrected chi connectivity index (χ1v) is 13.2. The summed E-state index contributed by atoms with van der Waals surface area (Å²) < 4.78 is 52.7. The summed E-state index contributed by atoms with van der Waals surface area (Å²) >= 11 is 0. The van der Waals surface area contributed by atoms with Crippen LogP contribution >= 0.6 is 0 Å². The van der Waals surface area contributed by atoms with Gasteiger partial charge in [-0.25, -0.2) is 8.42 Å². The summed E-state index contributed by atoms with van der Waals surface area (Å²) in [5.74, 6) is 0. The van der Waals surface area contributed by atoms with Gasteiger partial charge in [-0.2, -0.15) is 0 Å². The second kappa shape index (κ2) is 9.82. The van der Waals surface area contributed by atoms with Gasteiger partial charge in [-0.1, -0.05) is 55.0 Å². The van der Waals surface area contributed by atoms with Crippen LogP contribution in [-0.4, -0.2) is 69.9 Å². The van der Waals surface area contributed by atoms with Crippen molar-refractivity contribution in [3.05, 3.63) is 66.2 Å². The average molecular weight is 474 g/mol. The fourth-order valence-electron chi connectivity index (χ4n) is 5.26. The Kier molecular flexibility index (Phi) is 6.83. The molecule has 0 saturated carbocycles. The van der Waals surface area contributed by atoms with Crippen LogP contribution in [0.25, 0.3) is 0 Å². The molecule has 3 fully saturated rings. The molecule has 0 N–H and O–H groups in total. The van der Waals surface area contributed by atoms with E-state index in [0.717, 1.165) is 37.9 Å². The van der Waals surface area contributed by atoms with Crippen molar-refractivity contribution in [1.82, 2.24) is 4.90 Å². The van der Waals surface area contributed by atoms with Crippen LogP contribution in [0.1, 0.15) is 31.1 Å². The molecular formula is C25H31NO6S. The van der Waals surface area contributed by atoms with Crippen LogP contribution in [0.15, 0.2) is 65.6 Å². The zero-order valence-electron chi connectivity index (χ0n) is 18.8. The molecule has 0 aromatic heterocycles. The number of fused-ring (bicyclic) bond motifs is 1. The van der Waals surface area contributed by atoms with Crippen molar-refractivity contribution in [2.45, 2.75) is 60.2 Å². The van der Waals surface area contributed by atoms with Crippen molar-refractivity contribution in [2.24, 2.45) is 0 Å². The number of rotatable bonds is 5. The number of piperidine rings is 1. The van der Waals surface area contributed by atoms with Gasteiger partial charge in [-0.3, -0.25) is 4.90 Å². The molecule has 33 heavy (non-hydrogen) atoms. The zero-order chi connectivity index (χ0) is 22.8. The Morgan fingerprint density at radius 2 is 1.58 bits per heavy atom. The number of ether oxygens (including phenoxy) is 4. The van der Waals surface area contributed by atoms with Crippen molar-refractivity contribution in [2.75, 3.05) is 26.8 Å². The van der Waals surface area contributed by atoms with Crippen LogP contribution in [0.2, 0.25) is 0 Å². The molecule has 8 heteroatoms. The standard InChI is InChI=1S/C25H31NO6S/c1-29-25-21(26-15-9-4-10-16-26)23(33(27,28)19-13-7-3-8-14-19)22-20(31-25)17-30-24(32-22)18-11-5-2-6-12-18/h2-3,5-8,11-14,20-25H,4,9-10,15-17H2,1H3/t20-,21+,22-,23-,24?,25+/m1/s1. The summed E-state index contributed by atoms with van der Waals surface area (Å²) in [6.45, 7) is 1.85. The predicted octanol–water partition coefficient (Wildman–Crippen LogP) is 3.17. The number of methoxy groups -OCH3 is 1. The second-order valence-corrected chi connectivity index (χ2v) is 11.0. The van der Waals surface area contributed by atoms with Crippen LogP contribution in [-0.2, 0) is 28.8 Å². The maximum Gasteiger partial charge on any atom is 0.185 e. The van der Waals surface area contributed by atoms with Gasteiger partial charge in [0.25, 0.3) is 0 Å². The molecule has 3 aliphatic heterocycles. The lowest BCUT2D eigenvalue weighted by Gasteiger charge is -2.52. The highest BCUT2D eigenvalue weighted by Gasteiger charge is 2.57. The van der Waals surface area contributed by atoms with Gasteiger partial charge >= 0.3 is 0 Å². The van der Waals surface area contributed by atoms with Crippen LogP contribution in [0.5, 0.6) is 0 Å². The lowest BCUT2D eigenvalue weighted by Crippen LogP contribution is -2.69. The highest BCUT2D eigenvalue weighted by Crippen LogP contribution is 2.40. The van der Waals surface area contributed by atoms with Gasteiger partial charge in [0.1, 0.15) is 17.5 Å². The number of likely N-dealkylation sites (tertiary alicyclic amines) is 1. The number of benzene rings is 2. The van der Waals surface area contributed by atoms with E-state index < -0.39 is 45.9 Å². The first kappa shape index (κ1) is 23.0. The zero-order valence-corrected chi connectivity index (χ0v) is 19.6. The maximum atomic E-state index is 14.1. The Hall–Kier alpha value is -1.81. The highest BCUT2D eigenvalue weighted by molar-refractivity contribution is 7.92. The topological polar surface area (TPSA) is 74.3 Å². The molecule has 0 amide bonds. The Balaban J connectivity index is 1.56. The number of sulfone groups is 1. The monoisotopic (exact) mass is 473 g/mol. The number of hydrogen-bond donors (Lipinski definition) is 0. The van der Waals surface area contributed by atoms with E-state index in [9.17, 15) is 8.42 Å². The SMILES string of the molecule is CO[C@H]1O[C@@H]2COC(c3ccccc3)O[C@H]2[C@H](S(=O)(=O)c2ccccc2)[C@@H]1N1CCCCC1. The fraction of sp³-hybridized carbons (Fsp3) is 0.520. The van der Waals surface area contributed by atoms with E-state index in [0.29, 0.717) is 4.90 Å². The van der Waals surface area contributed by atoms with Crippen molar-refractivity contribution >= 4 is 9.84 Å². The number of nitrogens with zero attached hydrogens (tertiary/aromatic N) is 1. The summed E-state index contributed by atoms with van der Waals surface area (Å²) in [7, 11) is -2.19. The first-order valence-electron chi connectivity index (χ1n) is 11.6. The smallest absolute Gasteiger partial charge is 0.185 e. The van der Waals surface area contributed by atoms with Crippen LogP contribution in [0, 0.1) is 0 Å². The molecule has 0 bridgehead atoms. The van der Waals surface area contributed by atoms with Crippen LogP contribution in [0.4, 0.5) is 0 Å². The van der Waals surface area contributed by atoms with Gasteiger partial charge in [0.05, 0.1) is 17.5 Å². The minimum Gasteiger partial charge on any atom is -0.354 e. The van der Waals surface area contributed by atoms with Gasteiger partial charge in [0.2, 0.25) is 0 Å². The Morgan fingerprint density at radius 1 is 0.909 bits per heavy atom. The van der Waals surface area contributed by atoms with E-state index in [1.807, 2.05) is 36.4 Å². The third kappa shape index (κ3) is 4.48. The minimum atomic E-state index is -3.76. The van der Waals surface area contributed by atoms with Crippen LogP contribution in [0.3, 0.4) is 0 Å². The van der Waals surface area contributed by atoms with Gasteiger partial charge < -0.3 is 18.9 Å². The minimum absolute atomic E-state index is 0.234. The molecule has 3 saturated heterocycles. The van der Waals surface area contributed by atoms with Gasteiger partial charge in [-0.15, -0.1) is 0 Å². The Bertz CT molecular complexity index is 1010. The molecule has 5 rings (SSSR count). The number of hydrogen-bond acceptors (Lipinski definition) is 7. The normalized spacial score (nSPS) is 33.4. The highest BCUT2D eigenvalue weighted by atomic mass is 32.2.